The molecule has 0 fully saturated rings. The molecule has 0 radical (unpaired) electrons. The van der Waals surface area contributed by atoms with Gasteiger partial charge in [-0.15, -0.1) is 0 Å². The van der Waals surface area contributed by atoms with Crippen molar-refractivity contribution in [2.45, 2.75) is 0 Å². The first-order valence-corrected chi connectivity index (χ1v) is 6.92. The third-order valence-electron chi connectivity index (χ3n) is 2.33. The van der Waals surface area contributed by atoms with Gasteiger partial charge in [0.1, 0.15) is 0 Å². The zero-order valence-electron chi connectivity index (χ0n) is 9.48. The normalized spacial score (nSPS) is 9.17. The van der Waals surface area contributed by atoms with E-state index in [1.165, 1.54) is 5.49 Å². The van der Waals surface area contributed by atoms with Crippen LogP contribution in [0.3, 0.4) is 0 Å². The summed E-state index contributed by atoms with van der Waals surface area (Å²) in [5.41, 5.74) is 4.42. The van der Waals surface area contributed by atoms with Crippen molar-refractivity contribution in [1.29, 1.82) is 0 Å². The Morgan fingerprint density at radius 2 is 1.78 bits per heavy atom. The van der Waals surface area contributed by atoms with Crippen molar-refractivity contribution >= 4 is 46.0 Å². The fourth-order valence-electron chi connectivity index (χ4n) is 1.49. The van der Waals surface area contributed by atoms with Crippen molar-refractivity contribution in [3.05, 3.63) is 63.2 Å². The third kappa shape index (κ3) is 3.31. The standard InChI is InChI=1S/C15H10INS/c16-14-7-4-8-15(17-11-18)13(14)10-9-12-5-2-1-3-6-12/h1-8,11H,(H,17,18). The molecule has 0 atom stereocenters. The van der Waals surface area contributed by atoms with Crippen molar-refractivity contribution in [1.82, 2.24) is 0 Å². The summed E-state index contributed by atoms with van der Waals surface area (Å²) in [4.78, 5) is 0. The fourth-order valence-corrected chi connectivity index (χ4v) is 2.25. The van der Waals surface area contributed by atoms with Crippen molar-refractivity contribution in [3.8, 4) is 11.8 Å². The number of hydrogen-bond acceptors (Lipinski definition) is 1. The number of anilines is 1. The van der Waals surface area contributed by atoms with E-state index >= 15 is 0 Å². The molecule has 0 aliphatic heterocycles. The summed E-state index contributed by atoms with van der Waals surface area (Å²) in [5.74, 6) is 6.35. The van der Waals surface area contributed by atoms with Gasteiger partial charge in [-0.3, -0.25) is 0 Å². The van der Waals surface area contributed by atoms with E-state index in [-0.39, 0.29) is 0 Å². The minimum absolute atomic E-state index is 0.945. The van der Waals surface area contributed by atoms with Crippen LogP contribution in [0.2, 0.25) is 0 Å². The number of benzene rings is 2. The predicted molar refractivity (Wildman–Crippen MR) is 88.9 cm³/mol. The van der Waals surface area contributed by atoms with Crippen LogP contribution in [0, 0.1) is 15.4 Å². The lowest BCUT2D eigenvalue weighted by Gasteiger charge is -2.04. The summed E-state index contributed by atoms with van der Waals surface area (Å²) < 4.78 is 1.11. The molecule has 18 heavy (non-hydrogen) atoms. The molecule has 3 heteroatoms. The molecule has 0 aliphatic rings. The van der Waals surface area contributed by atoms with Gasteiger partial charge in [0.2, 0.25) is 0 Å². The number of thiocarbonyl (C=S) groups is 1. The molecule has 0 aliphatic carbocycles. The van der Waals surface area contributed by atoms with Crippen LogP contribution in [0.15, 0.2) is 48.5 Å². The van der Waals surface area contributed by atoms with Crippen LogP contribution in [0.1, 0.15) is 11.1 Å². The van der Waals surface area contributed by atoms with Gasteiger partial charge in [-0.05, 0) is 46.9 Å². The minimum Gasteiger partial charge on any atom is -0.352 e. The fraction of sp³-hybridized carbons (Fsp3) is 0. The summed E-state index contributed by atoms with van der Waals surface area (Å²) in [6.45, 7) is 0. The molecule has 0 saturated heterocycles. The van der Waals surface area contributed by atoms with Crippen LogP contribution in [-0.2, 0) is 0 Å². The predicted octanol–water partition coefficient (Wildman–Crippen LogP) is 4.06. The topological polar surface area (TPSA) is 12.0 Å². The van der Waals surface area contributed by atoms with Gasteiger partial charge in [0.05, 0.1) is 16.7 Å². The van der Waals surface area contributed by atoms with Gasteiger partial charge < -0.3 is 5.32 Å². The van der Waals surface area contributed by atoms with Crippen molar-refractivity contribution in [3.63, 3.8) is 0 Å². The zero-order chi connectivity index (χ0) is 12.8. The van der Waals surface area contributed by atoms with Crippen molar-refractivity contribution in [2.75, 3.05) is 5.32 Å². The highest BCUT2D eigenvalue weighted by Gasteiger charge is 2.02. The van der Waals surface area contributed by atoms with E-state index in [4.69, 9.17) is 12.2 Å². The molecule has 0 bridgehead atoms. The summed E-state index contributed by atoms with van der Waals surface area (Å²) in [5, 5.41) is 3.04. The van der Waals surface area contributed by atoms with E-state index in [9.17, 15) is 0 Å². The second kappa shape index (κ2) is 6.53. The number of hydrogen-bond donors (Lipinski definition) is 1. The number of halogens is 1. The van der Waals surface area contributed by atoms with Crippen molar-refractivity contribution < 1.29 is 0 Å². The minimum atomic E-state index is 0.945. The van der Waals surface area contributed by atoms with Gasteiger partial charge in [0.15, 0.2) is 0 Å². The SMILES string of the molecule is S=CNc1cccc(I)c1C#Cc1ccccc1. The Morgan fingerprint density at radius 1 is 1.00 bits per heavy atom. The van der Waals surface area contributed by atoms with Gasteiger partial charge in [-0.2, -0.15) is 0 Å². The highest BCUT2D eigenvalue weighted by atomic mass is 127. The average molecular weight is 363 g/mol. The van der Waals surface area contributed by atoms with E-state index < -0.39 is 0 Å². The monoisotopic (exact) mass is 363 g/mol. The van der Waals surface area contributed by atoms with Crippen LogP contribution >= 0.6 is 34.8 Å². The van der Waals surface area contributed by atoms with Gasteiger partial charge in [-0.25, -0.2) is 0 Å². The molecular formula is C15H10INS. The maximum atomic E-state index is 4.83. The molecule has 0 unspecified atom stereocenters. The van der Waals surface area contributed by atoms with E-state index in [2.05, 4.69) is 39.7 Å². The lowest BCUT2D eigenvalue weighted by Crippen LogP contribution is -1.97. The first-order valence-electron chi connectivity index (χ1n) is 5.37. The maximum absolute atomic E-state index is 4.83. The number of nitrogens with one attached hydrogen (secondary N) is 1. The van der Waals surface area contributed by atoms with Crippen molar-refractivity contribution in [2.24, 2.45) is 0 Å². The van der Waals surface area contributed by atoms with E-state index in [0.717, 1.165) is 20.4 Å². The molecule has 2 aromatic rings. The van der Waals surface area contributed by atoms with Crippen LogP contribution in [0.25, 0.3) is 0 Å². The van der Waals surface area contributed by atoms with Crippen LogP contribution in [-0.4, -0.2) is 5.49 Å². The highest BCUT2D eigenvalue weighted by Crippen LogP contribution is 2.20. The van der Waals surface area contributed by atoms with Gasteiger partial charge in [-0.1, -0.05) is 48.3 Å². The Balaban J connectivity index is 2.40. The third-order valence-corrected chi connectivity index (χ3v) is 3.35. The highest BCUT2D eigenvalue weighted by molar-refractivity contribution is 14.1. The Labute approximate surface area is 126 Å². The van der Waals surface area contributed by atoms with E-state index in [1.807, 2.05) is 48.5 Å². The van der Waals surface area contributed by atoms with Crippen LogP contribution in [0.5, 0.6) is 0 Å². The summed E-state index contributed by atoms with van der Waals surface area (Å²) in [6, 6.07) is 15.9. The Bertz CT molecular complexity index is 611. The molecule has 1 N–H and O–H groups in total. The summed E-state index contributed by atoms with van der Waals surface area (Å²) in [7, 11) is 0. The Hall–Kier alpha value is -1.38. The lowest BCUT2D eigenvalue weighted by molar-refractivity contribution is 1.56. The quantitative estimate of drug-likeness (QED) is 0.491. The molecule has 0 amide bonds. The van der Waals surface area contributed by atoms with E-state index in [1.54, 1.807) is 0 Å². The van der Waals surface area contributed by atoms with Gasteiger partial charge >= 0.3 is 0 Å². The van der Waals surface area contributed by atoms with E-state index in [0.29, 0.717) is 0 Å². The smallest absolute Gasteiger partial charge is 0.0659 e. The number of rotatable bonds is 2. The largest absolute Gasteiger partial charge is 0.352 e. The van der Waals surface area contributed by atoms with Crippen LogP contribution in [0.4, 0.5) is 5.69 Å². The second-order valence-electron chi connectivity index (χ2n) is 3.54. The van der Waals surface area contributed by atoms with Gasteiger partial charge in [0.25, 0.3) is 0 Å². The van der Waals surface area contributed by atoms with Gasteiger partial charge in [0, 0.05) is 9.13 Å². The molecule has 2 rings (SSSR count). The maximum Gasteiger partial charge on any atom is 0.0659 e. The summed E-state index contributed by atoms with van der Waals surface area (Å²) >= 11 is 7.11. The lowest BCUT2D eigenvalue weighted by atomic mass is 10.1. The first kappa shape index (κ1) is 13.1. The molecule has 0 heterocycles. The Morgan fingerprint density at radius 3 is 2.50 bits per heavy atom. The molecular weight excluding hydrogens is 353 g/mol. The first-order chi connectivity index (χ1) is 8.81. The second-order valence-corrected chi connectivity index (χ2v) is 4.94. The molecule has 1 nitrogen and oxygen atoms in total. The molecule has 0 saturated carbocycles. The summed E-state index contributed by atoms with van der Waals surface area (Å²) in [6.07, 6.45) is 0. The Kier molecular flexibility index (Phi) is 4.73. The zero-order valence-corrected chi connectivity index (χ0v) is 12.5. The molecule has 2 aromatic carbocycles. The molecule has 0 spiro atoms. The van der Waals surface area contributed by atoms with Crippen LogP contribution < -0.4 is 5.32 Å². The average Bonchev–Trinajstić information content (AvgIpc) is 2.40. The molecule has 88 valence electrons. The molecule has 0 aromatic heterocycles.